The zero-order valence-corrected chi connectivity index (χ0v) is 15.4. The van der Waals surface area contributed by atoms with Crippen molar-refractivity contribution < 1.29 is 4.74 Å². The van der Waals surface area contributed by atoms with E-state index in [-0.39, 0.29) is 11.7 Å². The standard InChI is InChI=1S/C19H32OSi/c1-16(2)9-10-17-15-19(12-7-6-8-13-19)20-18(17)11-14-21(3,4)5/h17-18H,1,6-10,12-13,15H2,2-5H3/t17-,18-/m1/s1. The van der Waals surface area contributed by atoms with Crippen molar-refractivity contribution in [2.24, 2.45) is 5.92 Å². The van der Waals surface area contributed by atoms with E-state index in [4.69, 9.17) is 4.74 Å². The van der Waals surface area contributed by atoms with Crippen LogP contribution in [0, 0.1) is 17.4 Å². The highest BCUT2D eigenvalue weighted by Gasteiger charge is 2.45. The van der Waals surface area contributed by atoms with Gasteiger partial charge in [-0.2, -0.15) is 0 Å². The first-order chi connectivity index (χ1) is 9.80. The van der Waals surface area contributed by atoms with Gasteiger partial charge in [0.25, 0.3) is 0 Å². The van der Waals surface area contributed by atoms with E-state index in [0.29, 0.717) is 5.92 Å². The smallest absolute Gasteiger partial charge is 0.129 e. The maximum Gasteiger partial charge on any atom is 0.129 e. The molecule has 1 aliphatic heterocycles. The van der Waals surface area contributed by atoms with E-state index in [1.165, 1.54) is 50.5 Å². The monoisotopic (exact) mass is 304 g/mol. The lowest BCUT2D eigenvalue weighted by Gasteiger charge is -2.32. The molecule has 2 aliphatic rings. The lowest BCUT2D eigenvalue weighted by molar-refractivity contribution is -0.0470. The highest BCUT2D eigenvalue weighted by atomic mass is 28.3. The SMILES string of the molecule is C=C(C)CC[C@@H]1CC2(CCCCC2)O[C@@H]1C#C[Si](C)(C)C. The van der Waals surface area contributed by atoms with Crippen molar-refractivity contribution in [2.75, 3.05) is 0 Å². The molecular formula is C19H32OSi. The third-order valence-corrected chi connectivity index (χ3v) is 5.63. The van der Waals surface area contributed by atoms with E-state index in [1.54, 1.807) is 0 Å². The van der Waals surface area contributed by atoms with Gasteiger partial charge in [0, 0.05) is 0 Å². The molecule has 1 aliphatic carbocycles. The second-order valence-electron chi connectivity index (χ2n) is 8.26. The van der Waals surface area contributed by atoms with Crippen LogP contribution in [0.1, 0.15) is 58.3 Å². The van der Waals surface area contributed by atoms with Crippen molar-refractivity contribution in [1.29, 1.82) is 0 Å². The minimum Gasteiger partial charge on any atom is -0.359 e. The number of allylic oxidation sites excluding steroid dienone is 1. The Morgan fingerprint density at radius 2 is 1.90 bits per heavy atom. The third kappa shape index (κ3) is 5.00. The van der Waals surface area contributed by atoms with Gasteiger partial charge in [-0.3, -0.25) is 0 Å². The van der Waals surface area contributed by atoms with Crippen LogP contribution in [0.15, 0.2) is 12.2 Å². The van der Waals surface area contributed by atoms with Crippen molar-refractivity contribution in [3.8, 4) is 11.5 Å². The zero-order chi connectivity index (χ0) is 15.5. The Kier molecular flexibility index (Phi) is 5.38. The van der Waals surface area contributed by atoms with E-state index < -0.39 is 8.07 Å². The predicted octanol–water partition coefficient (Wildman–Crippen LogP) is 5.33. The highest BCUT2D eigenvalue weighted by Crippen LogP contribution is 2.46. The average molecular weight is 305 g/mol. The van der Waals surface area contributed by atoms with Crippen LogP contribution in [-0.4, -0.2) is 19.8 Å². The Morgan fingerprint density at radius 1 is 1.24 bits per heavy atom. The van der Waals surface area contributed by atoms with Gasteiger partial charge in [-0.05, 0) is 44.9 Å². The van der Waals surface area contributed by atoms with E-state index in [1.807, 2.05) is 0 Å². The number of hydrogen-bond acceptors (Lipinski definition) is 1. The molecule has 0 unspecified atom stereocenters. The van der Waals surface area contributed by atoms with Crippen molar-refractivity contribution in [3.63, 3.8) is 0 Å². The number of hydrogen-bond donors (Lipinski definition) is 0. The first-order valence-corrected chi connectivity index (χ1v) is 12.1. The Morgan fingerprint density at radius 3 is 2.48 bits per heavy atom. The molecule has 0 aromatic heterocycles. The Balaban J connectivity index is 2.09. The summed E-state index contributed by atoms with van der Waals surface area (Å²) in [4.78, 5) is 0. The molecule has 21 heavy (non-hydrogen) atoms. The molecule has 1 saturated carbocycles. The van der Waals surface area contributed by atoms with Crippen LogP contribution in [0.3, 0.4) is 0 Å². The number of rotatable bonds is 3. The normalized spacial score (nSPS) is 28.2. The van der Waals surface area contributed by atoms with Gasteiger partial charge in [0.15, 0.2) is 0 Å². The molecule has 0 radical (unpaired) electrons. The fraction of sp³-hybridized carbons (Fsp3) is 0.789. The minimum absolute atomic E-state index is 0.163. The topological polar surface area (TPSA) is 9.23 Å². The van der Waals surface area contributed by atoms with Gasteiger partial charge in [0.2, 0.25) is 0 Å². The van der Waals surface area contributed by atoms with Gasteiger partial charge in [0.1, 0.15) is 14.2 Å². The molecule has 0 amide bonds. The molecule has 118 valence electrons. The highest BCUT2D eigenvalue weighted by molar-refractivity contribution is 6.83. The summed E-state index contributed by atoms with van der Waals surface area (Å²) >= 11 is 0. The summed E-state index contributed by atoms with van der Waals surface area (Å²) in [6.45, 7) is 13.1. The van der Waals surface area contributed by atoms with Gasteiger partial charge in [-0.1, -0.05) is 50.4 Å². The Bertz CT molecular complexity index is 429. The predicted molar refractivity (Wildman–Crippen MR) is 94.0 cm³/mol. The summed E-state index contributed by atoms with van der Waals surface area (Å²) < 4.78 is 6.55. The van der Waals surface area contributed by atoms with Crippen LogP contribution in [-0.2, 0) is 4.74 Å². The Hall–Kier alpha value is -0.523. The van der Waals surface area contributed by atoms with E-state index in [2.05, 4.69) is 44.6 Å². The fourth-order valence-electron chi connectivity index (χ4n) is 3.64. The van der Waals surface area contributed by atoms with Crippen LogP contribution < -0.4 is 0 Å². The molecule has 2 heteroatoms. The summed E-state index contributed by atoms with van der Waals surface area (Å²) in [7, 11) is -1.32. The molecule has 1 nitrogen and oxygen atoms in total. The molecule has 2 fully saturated rings. The van der Waals surface area contributed by atoms with Gasteiger partial charge in [-0.15, -0.1) is 12.1 Å². The zero-order valence-electron chi connectivity index (χ0n) is 14.4. The molecule has 2 atom stereocenters. The van der Waals surface area contributed by atoms with Crippen LogP contribution in [0.25, 0.3) is 0 Å². The quantitative estimate of drug-likeness (QED) is 0.389. The van der Waals surface area contributed by atoms with Crippen molar-refractivity contribution in [2.45, 2.75) is 89.6 Å². The minimum atomic E-state index is -1.32. The third-order valence-electron chi connectivity index (χ3n) is 4.74. The second-order valence-corrected chi connectivity index (χ2v) is 13.0. The average Bonchev–Trinajstić information content (AvgIpc) is 2.72. The van der Waals surface area contributed by atoms with Crippen molar-refractivity contribution >= 4 is 8.07 Å². The molecule has 1 saturated heterocycles. The van der Waals surface area contributed by atoms with Gasteiger partial charge in [0.05, 0.1) is 5.60 Å². The molecular weight excluding hydrogens is 272 g/mol. The lowest BCUT2D eigenvalue weighted by atomic mass is 9.79. The van der Waals surface area contributed by atoms with Crippen molar-refractivity contribution in [1.82, 2.24) is 0 Å². The number of ether oxygens (including phenoxy) is 1. The molecule has 2 rings (SSSR count). The molecule has 0 N–H and O–H groups in total. The van der Waals surface area contributed by atoms with Gasteiger partial charge >= 0.3 is 0 Å². The Labute approximate surface area is 132 Å². The molecule has 0 aromatic rings. The van der Waals surface area contributed by atoms with E-state index >= 15 is 0 Å². The van der Waals surface area contributed by atoms with Gasteiger partial charge < -0.3 is 4.74 Å². The summed E-state index contributed by atoms with van der Waals surface area (Å²) in [6, 6.07) is 0. The maximum absolute atomic E-state index is 6.55. The first-order valence-electron chi connectivity index (χ1n) is 8.65. The maximum atomic E-state index is 6.55. The molecule has 1 heterocycles. The van der Waals surface area contributed by atoms with Crippen molar-refractivity contribution in [3.05, 3.63) is 12.2 Å². The first kappa shape index (κ1) is 16.8. The molecule has 0 aromatic carbocycles. The van der Waals surface area contributed by atoms with Crippen LogP contribution in [0.4, 0.5) is 0 Å². The molecule has 0 bridgehead atoms. The summed E-state index contributed by atoms with van der Waals surface area (Å²) in [5.41, 5.74) is 5.00. The van der Waals surface area contributed by atoms with E-state index in [9.17, 15) is 0 Å². The van der Waals surface area contributed by atoms with Crippen LogP contribution in [0.5, 0.6) is 0 Å². The van der Waals surface area contributed by atoms with Crippen LogP contribution >= 0.6 is 0 Å². The molecule has 1 spiro atoms. The second kappa shape index (κ2) is 6.71. The largest absolute Gasteiger partial charge is 0.359 e. The fourth-order valence-corrected chi connectivity index (χ4v) is 4.21. The van der Waals surface area contributed by atoms with Gasteiger partial charge in [-0.25, -0.2) is 0 Å². The lowest BCUT2D eigenvalue weighted by Crippen LogP contribution is -2.31. The summed E-state index contributed by atoms with van der Waals surface area (Å²) in [5, 5.41) is 0. The summed E-state index contributed by atoms with van der Waals surface area (Å²) in [5.74, 6) is 4.14. The summed E-state index contributed by atoms with van der Waals surface area (Å²) in [6.07, 6.45) is 10.3. The van der Waals surface area contributed by atoms with Crippen LogP contribution in [0.2, 0.25) is 19.6 Å². The van der Waals surface area contributed by atoms with E-state index in [0.717, 1.165) is 6.42 Å².